The highest BCUT2D eigenvalue weighted by atomic mass is 16.7. The highest BCUT2D eigenvalue weighted by Gasteiger charge is 2.62. The van der Waals surface area contributed by atoms with Crippen LogP contribution in [0.3, 0.4) is 0 Å². The fraction of sp³-hybridized carbons (Fsp3) is 1.00. The van der Waals surface area contributed by atoms with Crippen LogP contribution in [0.25, 0.3) is 0 Å². The minimum Gasteiger partial charge on any atom is -0.295 e. The van der Waals surface area contributed by atoms with Gasteiger partial charge in [0, 0.05) is 7.05 Å². The lowest BCUT2D eigenvalue weighted by Gasteiger charge is -2.61. The molecule has 0 amide bonds. The minimum atomic E-state index is 0.426. The molecule has 1 spiro atoms. The summed E-state index contributed by atoms with van der Waals surface area (Å²) in [6.45, 7) is 2.30. The molecule has 0 aromatic heterocycles. The predicted molar refractivity (Wildman–Crippen MR) is 123 cm³/mol. The van der Waals surface area contributed by atoms with E-state index in [4.69, 9.17) is 4.84 Å². The van der Waals surface area contributed by atoms with Gasteiger partial charge < -0.3 is 0 Å². The molecule has 0 aromatic carbocycles. The molecule has 1 aliphatic heterocycles. The van der Waals surface area contributed by atoms with Crippen LogP contribution < -0.4 is 0 Å². The fourth-order valence-corrected chi connectivity index (χ4v) is 8.07. The molecule has 1 unspecified atom stereocenters. The van der Waals surface area contributed by atoms with E-state index in [9.17, 15) is 0 Å². The maximum Gasteiger partial charge on any atom is 0.0812 e. The summed E-state index contributed by atoms with van der Waals surface area (Å²) >= 11 is 0. The first-order valence-corrected chi connectivity index (χ1v) is 13.6. The Hall–Kier alpha value is -0.0800. The lowest BCUT2D eigenvalue weighted by molar-refractivity contribution is -0.228. The largest absolute Gasteiger partial charge is 0.295 e. The Morgan fingerprint density at radius 2 is 1.17 bits per heavy atom. The zero-order valence-electron chi connectivity index (χ0n) is 19.7. The van der Waals surface area contributed by atoms with Gasteiger partial charge in [0.05, 0.1) is 11.6 Å². The molecule has 1 atom stereocenters. The van der Waals surface area contributed by atoms with Crippen LogP contribution in [0.15, 0.2) is 0 Å². The molecule has 5 aliphatic rings. The summed E-state index contributed by atoms with van der Waals surface area (Å²) in [5.74, 6) is 4.00. The molecule has 5 fully saturated rings. The number of nitrogens with zero attached hydrogens (tertiary/aromatic N) is 1. The topological polar surface area (TPSA) is 12.5 Å². The number of unbranched alkanes of at least 4 members (excludes halogenated alkanes) is 11. The molecular formula is C27H49NO. The number of rotatable bonds is 13. The van der Waals surface area contributed by atoms with Crippen molar-refractivity contribution in [3.8, 4) is 0 Å². The average molecular weight is 404 g/mol. The Morgan fingerprint density at radius 1 is 0.690 bits per heavy atom. The van der Waals surface area contributed by atoms with E-state index in [1.807, 2.05) is 0 Å². The highest BCUT2D eigenvalue weighted by molar-refractivity contribution is 5.12. The second kappa shape index (κ2) is 10.5. The van der Waals surface area contributed by atoms with Crippen LogP contribution in [0.1, 0.15) is 129 Å². The standard InChI is InChI=1S/C27H49NO/c1-3-4-5-6-7-8-9-10-11-12-13-14-15-26-21-27(28(2)29-26)24-17-22-16-23(19-24)20-25(27)18-22/h22-26H,3-21H2,1-2H3. The first-order valence-electron chi connectivity index (χ1n) is 13.6. The first-order chi connectivity index (χ1) is 14.2. The molecule has 1 heterocycles. The number of hydroxylamine groups is 2. The van der Waals surface area contributed by atoms with Crippen LogP contribution in [-0.4, -0.2) is 23.8 Å². The molecule has 0 N–H and O–H groups in total. The average Bonchev–Trinajstić information content (AvgIpc) is 3.03. The monoisotopic (exact) mass is 403 g/mol. The molecule has 5 rings (SSSR count). The van der Waals surface area contributed by atoms with Crippen LogP contribution in [-0.2, 0) is 4.84 Å². The quantitative estimate of drug-likeness (QED) is 0.290. The third kappa shape index (κ3) is 5.05. The lowest BCUT2D eigenvalue weighted by Crippen LogP contribution is -2.62. The van der Waals surface area contributed by atoms with Crippen molar-refractivity contribution in [1.29, 1.82) is 0 Å². The van der Waals surface area contributed by atoms with E-state index >= 15 is 0 Å². The van der Waals surface area contributed by atoms with Crippen molar-refractivity contribution in [2.45, 2.75) is 141 Å². The van der Waals surface area contributed by atoms with Gasteiger partial charge in [-0.2, -0.15) is 5.06 Å². The first kappa shape index (κ1) is 22.1. The second-order valence-electron chi connectivity index (χ2n) is 11.4. The van der Waals surface area contributed by atoms with Crippen molar-refractivity contribution in [3.63, 3.8) is 0 Å². The van der Waals surface area contributed by atoms with Crippen LogP contribution in [0, 0.1) is 23.7 Å². The summed E-state index contributed by atoms with van der Waals surface area (Å²) in [7, 11) is 2.28. The Labute approximate surface area is 181 Å². The van der Waals surface area contributed by atoms with E-state index in [1.54, 1.807) is 6.42 Å². The zero-order chi connectivity index (χ0) is 20.1. The van der Waals surface area contributed by atoms with Crippen LogP contribution in [0.4, 0.5) is 0 Å². The molecule has 0 radical (unpaired) electrons. The molecular weight excluding hydrogens is 354 g/mol. The van der Waals surface area contributed by atoms with Crippen molar-refractivity contribution in [1.82, 2.24) is 5.06 Å². The van der Waals surface area contributed by atoms with Gasteiger partial charge >= 0.3 is 0 Å². The van der Waals surface area contributed by atoms with Crippen LogP contribution >= 0.6 is 0 Å². The minimum absolute atomic E-state index is 0.426. The van der Waals surface area contributed by atoms with Crippen molar-refractivity contribution in [2.24, 2.45) is 23.7 Å². The van der Waals surface area contributed by atoms with Gasteiger partial charge in [-0.1, -0.05) is 84.0 Å². The van der Waals surface area contributed by atoms with Gasteiger partial charge in [-0.15, -0.1) is 0 Å². The number of hydrogen-bond acceptors (Lipinski definition) is 2. The molecule has 4 saturated carbocycles. The van der Waals surface area contributed by atoms with Gasteiger partial charge in [0.25, 0.3) is 0 Å². The Bertz CT molecular complexity index is 461. The van der Waals surface area contributed by atoms with Crippen molar-refractivity contribution < 1.29 is 4.84 Å². The molecule has 2 heteroatoms. The Balaban J connectivity index is 1.07. The molecule has 4 aliphatic carbocycles. The molecule has 168 valence electrons. The molecule has 1 saturated heterocycles. The van der Waals surface area contributed by atoms with Crippen molar-refractivity contribution in [3.05, 3.63) is 0 Å². The number of hydrogen-bond donors (Lipinski definition) is 0. The van der Waals surface area contributed by atoms with Crippen molar-refractivity contribution >= 4 is 0 Å². The van der Waals surface area contributed by atoms with Crippen molar-refractivity contribution in [2.75, 3.05) is 7.05 Å². The molecule has 4 bridgehead atoms. The van der Waals surface area contributed by atoms with Gasteiger partial charge in [0.1, 0.15) is 0 Å². The second-order valence-corrected chi connectivity index (χ2v) is 11.4. The normalized spacial score (nSPS) is 38.5. The van der Waals surface area contributed by atoms with Gasteiger partial charge in [0.15, 0.2) is 0 Å². The molecule has 29 heavy (non-hydrogen) atoms. The highest BCUT2D eigenvalue weighted by Crippen LogP contribution is 2.63. The maximum atomic E-state index is 6.47. The van der Waals surface area contributed by atoms with Gasteiger partial charge in [-0.05, 0) is 68.6 Å². The van der Waals surface area contributed by atoms with E-state index in [-0.39, 0.29) is 0 Å². The van der Waals surface area contributed by atoms with Crippen LogP contribution in [0.2, 0.25) is 0 Å². The van der Waals surface area contributed by atoms with E-state index in [2.05, 4.69) is 19.0 Å². The molecule has 2 nitrogen and oxygen atoms in total. The third-order valence-electron chi connectivity index (χ3n) is 9.38. The smallest absolute Gasteiger partial charge is 0.0812 e. The summed E-state index contributed by atoms with van der Waals surface area (Å²) in [6, 6.07) is 0. The summed E-state index contributed by atoms with van der Waals surface area (Å²) in [5.41, 5.74) is 0.426. The third-order valence-corrected chi connectivity index (χ3v) is 9.38. The Morgan fingerprint density at radius 3 is 1.69 bits per heavy atom. The molecule has 0 aromatic rings. The van der Waals surface area contributed by atoms with Gasteiger partial charge in [-0.3, -0.25) is 4.84 Å². The zero-order valence-corrected chi connectivity index (χ0v) is 19.7. The summed E-state index contributed by atoms with van der Waals surface area (Å²) in [6.07, 6.45) is 28.0. The van der Waals surface area contributed by atoms with E-state index < -0.39 is 0 Å². The maximum absolute atomic E-state index is 6.47. The van der Waals surface area contributed by atoms with Gasteiger partial charge in [-0.25, -0.2) is 0 Å². The van der Waals surface area contributed by atoms with E-state index in [0.717, 1.165) is 23.7 Å². The van der Waals surface area contributed by atoms with Gasteiger partial charge in [0.2, 0.25) is 0 Å². The SMILES string of the molecule is CCCCCCCCCCCCCCC1CC2(C3CC4CC(C3)CC2C4)N(C)O1. The Kier molecular flexibility index (Phi) is 8.00. The fourth-order valence-electron chi connectivity index (χ4n) is 8.07. The summed E-state index contributed by atoms with van der Waals surface area (Å²) in [4.78, 5) is 6.47. The van der Waals surface area contributed by atoms with E-state index in [1.165, 1.54) is 116 Å². The van der Waals surface area contributed by atoms with Crippen LogP contribution in [0.5, 0.6) is 0 Å². The lowest BCUT2D eigenvalue weighted by atomic mass is 9.47. The summed E-state index contributed by atoms with van der Waals surface area (Å²) in [5, 5.41) is 2.39. The summed E-state index contributed by atoms with van der Waals surface area (Å²) < 4.78 is 0. The predicted octanol–water partition coefficient (Wildman–Crippen LogP) is 7.91. The van der Waals surface area contributed by atoms with E-state index in [0.29, 0.717) is 11.6 Å².